The van der Waals surface area contributed by atoms with Crippen molar-refractivity contribution in [1.29, 1.82) is 0 Å². The summed E-state index contributed by atoms with van der Waals surface area (Å²) in [6.07, 6.45) is 0. The number of nitrogens with zero attached hydrogens (tertiary/aromatic N) is 3. The predicted octanol–water partition coefficient (Wildman–Crippen LogP) is 5.41. The number of aryl methyl sites for hydroxylation is 2. The number of rotatable bonds is 4. The summed E-state index contributed by atoms with van der Waals surface area (Å²) in [5, 5.41) is 5.98. The average Bonchev–Trinajstić information content (AvgIpc) is 2.99. The third-order valence-corrected chi connectivity index (χ3v) is 4.73. The molecule has 6 heteroatoms. The Morgan fingerprint density at radius 1 is 1.07 bits per heavy atom. The largest absolute Gasteiger partial charge is 0.473 e. The first-order valence-corrected chi connectivity index (χ1v) is 8.90. The van der Waals surface area contributed by atoms with Crippen molar-refractivity contribution in [3.05, 3.63) is 82.3 Å². The number of hydrogen-bond acceptors (Lipinski definition) is 3. The van der Waals surface area contributed by atoms with E-state index in [4.69, 9.17) is 16.3 Å². The van der Waals surface area contributed by atoms with Crippen LogP contribution in [0.2, 0.25) is 5.02 Å². The number of ether oxygens (including phenoxy) is 1. The van der Waals surface area contributed by atoms with Gasteiger partial charge in [-0.25, -0.2) is 9.07 Å². The van der Waals surface area contributed by atoms with Crippen LogP contribution in [0, 0.1) is 19.7 Å². The monoisotopic (exact) mass is 381 g/mol. The van der Waals surface area contributed by atoms with E-state index in [0.29, 0.717) is 16.5 Å². The maximum Gasteiger partial charge on any atom is 0.215 e. The quantitative estimate of drug-likeness (QED) is 0.474. The molecule has 0 atom stereocenters. The van der Waals surface area contributed by atoms with Crippen LogP contribution in [0.15, 0.2) is 54.6 Å². The van der Waals surface area contributed by atoms with Gasteiger partial charge in [-0.05, 0) is 43.7 Å². The molecule has 0 amide bonds. The van der Waals surface area contributed by atoms with Crippen LogP contribution in [0.4, 0.5) is 4.39 Å². The van der Waals surface area contributed by atoms with Crippen molar-refractivity contribution in [2.24, 2.45) is 0 Å². The normalized spacial score (nSPS) is 11.1. The van der Waals surface area contributed by atoms with Crippen LogP contribution in [-0.2, 0) is 6.61 Å². The maximum absolute atomic E-state index is 13.2. The Labute approximate surface area is 161 Å². The molecule has 0 fully saturated rings. The van der Waals surface area contributed by atoms with Gasteiger partial charge in [-0.3, -0.25) is 0 Å². The van der Waals surface area contributed by atoms with E-state index < -0.39 is 0 Å². The van der Waals surface area contributed by atoms with E-state index in [1.54, 1.807) is 6.07 Å². The van der Waals surface area contributed by atoms with Crippen LogP contribution >= 0.6 is 11.6 Å². The number of benzene rings is 2. The third kappa shape index (κ3) is 3.38. The van der Waals surface area contributed by atoms with Crippen molar-refractivity contribution in [2.45, 2.75) is 20.5 Å². The molecule has 0 saturated heterocycles. The van der Waals surface area contributed by atoms with Crippen LogP contribution in [0.5, 0.6) is 5.88 Å². The number of pyridine rings is 1. The molecule has 4 rings (SSSR count). The number of para-hydroxylation sites is 1. The Morgan fingerprint density at radius 2 is 1.85 bits per heavy atom. The molecule has 0 N–H and O–H groups in total. The first-order chi connectivity index (χ1) is 13.0. The lowest BCUT2D eigenvalue weighted by Crippen LogP contribution is -2.02. The molecule has 0 aliphatic heterocycles. The molecular formula is C21H17ClFN3O. The van der Waals surface area contributed by atoms with Gasteiger partial charge in [0.15, 0.2) is 5.65 Å². The molecule has 2 aromatic carbocycles. The second-order valence-corrected chi connectivity index (χ2v) is 6.74. The van der Waals surface area contributed by atoms with Gasteiger partial charge in [0.1, 0.15) is 12.4 Å². The molecule has 0 saturated carbocycles. The Balaban J connectivity index is 1.72. The summed E-state index contributed by atoms with van der Waals surface area (Å²) >= 11 is 6.08. The number of hydrogen-bond donors (Lipinski definition) is 0. The predicted molar refractivity (Wildman–Crippen MR) is 104 cm³/mol. The summed E-state index contributed by atoms with van der Waals surface area (Å²) in [7, 11) is 0. The molecule has 136 valence electrons. The highest BCUT2D eigenvalue weighted by Crippen LogP contribution is 2.27. The van der Waals surface area contributed by atoms with Gasteiger partial charge in [0.25, 0.3) is 0 Å². The lowest BCUT2D eigenvalue weighted by atomic mass is 10.1. The van der Waals surface area contributed by atoms with Crippen molar-refractivity contribution in [3.8, 4) is 11.6 Å². The van der Waals surface area contributed by atoms with Gasteiger partial charge in [-0.2, -0.15) is 10.1 Å². The molecule has 0 aliphatic rings. The van der Waals surface area contributed by atoms with Gasteiger partial charge in [-0.1, -0.05) is 35.9 Å². The molecule has 4 aromatic rings. The van der Waals surface area contributed by atoms with Crippen molar-refractivity contribution in [2.75, 3.05) is 0 Å². The Bertz CT molecular complexity index is 1130. The highest BCUT2D eigenvalue weighted by Gasteiger charge is 2.15. The van der Waals surface area contributed by atoms with E-state index in [2.05, 4.69) is 10.1 Å². The Kier molecular flexibility index (Phi) is 4.54. The lowest BCUT2D eigenvalue weighted by molar-refractivity contribution is 0.294. The highest BCUT2D eigenvalue weighted by atomic mass is 35.5. The third-order valence-electron chi connectivity index (χ3n) is 4.38. The Morgan fingerprint density at radius 3 is 2.59 bits per heavy atom. The van der Waals surface area contributed by atoms with Gasteiger partial charge in [0.2, 0.25) is 5.88 Å². The summed E-state index contributed by atoms with van der Waals surface area (Å²) < 4.78 is 20.9. The van der Waals surface area contributed by atoms with E-state index >= 15 is 0 Å². The van der Waals surface area contributed by atoms with Gasteiger partial charge >= 0.3 is 0 Å². The Hall–Kier alpha value is -2.92. The van der Waals surface area contributed by atoms with E-state index in [1.807, 2.05) is 54.9 Å². The topological polar surface area (TPSA) is 39.9 Å². The van der Waals surface area contributed by atoms with Crippen molar-refractivity contribution in [3.63, 3.8) is 0 Å². The number of halogens is 2. The summed E-state index contributed by atoms with van der Waals surface area (Å²) in [6.45, 7) is 4.18. The molecular weight excluding hydrogens is 365 g/mol. The van der Waals surface area contributed by atoms with E-state index in [0.717, 1.165) is 28.0 Å². The first-order valence-electron chi connectivity index (χ1n) is 8.52. The first kappa shape index (κ1) is 17.5. The fourth-order valence-electron chi connectivity index (χ4n) is 3.09. The SMILES string of the molecule is Cc1cc(OCc2ccc(F)cc2Cl)nc2c1c(C)nn2-c1ccccc1. The van der Waals surface area contributed by atoms with Crippen molar-refractivity contribution >= 4 is 22.6 Å². The molecule has 0 bridgehead atoms. The van der Waals surface area contributed by atoms with E-state index in [9.17, 15) is 4.39 Å². The highest BCUT2D eigenvalue weighted by molar-refractivity contribution is 6.31. The van der Waals surface area contributed by atoms with Crippen LogP contribution in [0.25, 0.3) is 16.7 Å². The zero-order chi connectivity index (χ0) is 19.0. The molecule has 27 heavy (non-hydrogen) atoms. The maximum atomic E-state index is 13.2. The van der Waals surface area contributed by atoms with Crippen molar-refractivity contribution < 1.29 is 9.13 Å². The average molecular weight is 382 g/mol. The van der Waals surface area contributed by atoms with Crippen LogP contribution in [0.3, 0.4) is 0 Å². The van der Waals surface area contributed by atoms with Crippen LogP contribution in [-0.4, -0.2) is 14.8 Å². The number of fused-ring (bicyclic) bond motifs is 1. The molecule has 2 aromatic heterocycles. The van der Waals surface area contributed by atoms with Gasteiger partial charge < -0.3 is 4.74 Å². The molecule has 2 heterocycles. The minimum absolute atomic E-state index is 0.204. The summed E-state index contributed by atoms with van der Waals surface area (Å²) in [4.78, 5) is 4.66. The van der Waals surface area contributed by atoms with Crippen LogP contribution in [0.1, 0.15) is 16.8 Å². The molecule has 0 spiro atoms. The van der Waals surface area contributed by atoms with Crippen molar-refractivity contribution in [1.82, 2.24) is 14.8 Å². The van der Waals surface area contributed by atoms with Gasteiger partial charge in [-0.15, -0.1) is 0 Å². The summed E-state index contributed by atoms with van der Waals surface area (Å²) in [5.74, 6) is 0.0962. The standard InChI is InChI=1S/C21H17ClFN3O/c1-13-10-19(27-12-15-8-9-16(23)11-18(15)22)24-21-20(13)14(2)25-26(21)17-6-4-3-5-7-17/h3-11H,12H2,1-2H3. The molecule has 4 nitrogen and oxygen atoms in total. The fraction of sp³-hybridized carbons (Fsp3) is 0.143. The smallest absolute Gasteiger partial charge is 0.215 e. The number of aromatic nitrogens is 3. The molecule has 0 radical (unpaired) electrons. The molecule has 0 unspecified atom stereocenters. The van der Waals surface area contributed by atoms with Gasteiger partial charge in [0.05, 0.1) is 16.4 Å². The van der Waals surface area contributed by atoms with E-state index in [1.165, 1.54) is 12.1 Å². The summed E-state index contributed by atoms with van der Waals surface area (Å²) in [6, 6.07) is 16.0. The van der Waals surface area contributed by atoms with E-state index in [-0.39, 0.29) is 12.4 Å². The van der Waals surface area contributed by atoms with Crippen LogP contribution < -0.4 is 4.74 Å². The minimum Gasteiger partial charge on any atom is -0.473 e. The minimum atomic E-state index is -0.374. The second-order valence-electron chi connectivity index (χ2n) is 6.33. The second kappa shape index (κ2) is 7.00. The lowest BCUT2D eigenvalue weighted by Gasteiger charge is -2.09. The zero-order valence-electron chi connectivity index (χ0n) is 14.9. The summed E-state index contributed by atoms with van der Waals surface area (Å²) in [5.41, 5.74) is 4.30. The fourth-order valence-corrected chi connectivity index (χ4v) is 3.31. The molecule has 0 aliphatic carbocycles. The van der Waals surface area contributed by atoms with Gasteiger partial charge in [0, 0.05) is 17.0 Å². The zero-order valence-corrected chi connectivity index (χ0v) is 15.7.